The molecule has 1 aromatic heterocycles. The summed E-state index contributed by atoms with van der Waals surface area (Å²) in [6, 6.07) is 15.4. The Bertz CT molecular complexity index is 921. The van der Waals surface area contributed by atoms with Crippen LogP contribution in [0.25, 0.3) is 11.0 Å². The summed E-state index contributed by atoms with van der Waals surface area (Å²) in [4.78, 5) is 11.7. The lowest BCUT2D eigenvalue weighted by atomic mass is 9.95. The average Bonchev–Trinajstić information content (AvgIpc) is 2.48. The largest absolute Gasteiger partial charge is 0.423 e. The standard InChI is InChI=1S/C19H20N2O2/c1-12-5-3-4-6-14(12)9-13-7-8-17-15(10-13)16(19(2,20)21)11-18(22)23-17/h3-8,10-11H,9,20-21H2,1-2H3. The minimum absolute atomic E-state index is 0.443. The SMILES string of the molecule is Cc1ccccc1Cc1ccc2oc(=O)cc(C(C)(N)N)c2c1. The van der Waals surface area contributed by atoms with Gasteiger partial charge in [-0.2, -0.15) is 0 Å². The molecule has 118 valence electrons. The molecule has 4 heteroatoms. The lowest BCUT2D eigenvalue weighted by Crippen LogP contribution is -2.43. The lowest BCUT2D eigenvalue weighted by molar-refractivity contribution is 0.506. The molecular weight excluding hydrogens is 288 g/mol. The zero-order valence-electron chi connectivity index (χ0n) is 13.3. The highest BCUT2D eigenvalue weighted by Crippen LogP contribution is 2.25. The summed E-state index contributed by atoms with van der Waals surface area (Å²) in [6.45, 7) is 3.77. The average molecular weight is 308 g/mol. The van der Waals surface area contributed by atoms with Gasteiger partial charge in [-0.1, -0.05) is 30.3 Å². The zero-order valence-corrected chi connectivity index (χ0v) is 13.3. The van der Waals surface area contributed by atoms with E-state index in [4.69, 9.17) is 15.9 Å². The summed E-state index contributed by atoms with van der Waals surface area (Å²) in [5, 5.41) is 0.781. The first kappa shape index (κ1) is 15.5. The summed E-state index contributed by atoms with van der Waals surface area (Å²) in [7, 11) is 0. The molecule has 4 nitrogen and oxygen atoms in total. The minimum Gasteiger partial charge on any atom is -0.423 e. The highest BCUT2D eigenvalue weighted by Gasteiger charge is 2.20. The fraction of sp³-hybridized carbons (Fsp3) is 0.211. The molecule has 0 atom stereocenters. The van der Waals surface area contributed by atoms with Gasteiger partial charge in [-0.05, 0) is 49.1 Å². The van der Waals surface area contributed by atoms with Crippen LogP contribution in [0, 0.1) is 6.92 Å². The van der Waals surface area contributed by atoms with Crippen LogP contribution in [0.1, 0.15) is 29.2 Å². The monoisotopic (exact) mass is 308 g/mol. The van der Waals surface area contributed by atoms with Crippen LogP contribution in [0.4, 0.5) is 0 Å². The van der Waals surface area contributed by atoms with Crippen molar-refractivity contribution in [3.8, 4) is 0 Å². The van der Waals surface area contributed by atoms with E-state index in [1.165, 1.54) is 17.2 Å². The van der Waals surface area contributed by atoms with Crippen molar-refractivity contribution in [2.24, 2.45) is 11.5 Å². The van der Waals surface area contributed by atoms with Gasteiger partial charge in [0.05, 0.1) is 5.66 Å². The second-order valence-corrected chi connectivity index (χ2v) is 6.20. The second kappa shape index (κ2) is 5.65. The van der Waals surface area contributed by atoms with Crippen molar-refractivity contribution in [3.63, 3.8) is 0 Å². The molecule has 0 fully saturated rings. The van der Waals surface area contributed by atoms with Crippen LogP contribution in [0.15, 0.2) is 57.7 Å². The van der Waals surface area contributed by atoms with Crippen LogP contribution in [0.2, 0.25) is 0 Å². The molecule has 3 rings (SSSR count). The number of benzene rings is 2. The van der Waals surface area contributed by atoms with E-state index in [9.17, 15) is 4.79 Å². The van der Waals surface area contributed by atoms with E-state index in [-0.39, 0.29) is 0 Å². The van der Waals surface area contributed by atoms with Crippen molar-refractivity contribution < 1.29 is 4.42 Å². The molecule has 0 aliphatic rings. The van der Waals surface area contributed by atoms with Crippen LogP contribution < -0.4 is 17.1 Å². The molecule has 0 spiro atoms. The number of nitrogens with two attached hydrogens (primary N) is 2. The van der Waals surface area contributed by atoms with Crippen molar-refractivity contribution in [3.05, 3.63) is 81.2 Å². The number of hydrogen-bond donors (Lipinski definition) is 2. The Morgan fingerprint density at radius 2 is 1.83 bits per heavy atom. The Morgan fingerprint density at radius 1 is 1.09 bits per heavy atom. The topological polar surface area (TPSA) is 82.2 Å². The predicted octanol–water partition coefficient (Wildman–Crippen LogP) is 2.78. The quantitative estimate of drug-likeness (QED) is 0.576. The van der Waals surface area contributed by atoms with Gasteiger partial charge in [-0.15, -0.1) is 0 Å². The first-order valence-electron chi connectivity index (χ1n) is 7.54. The number of rotatable bonds is 3. The van der Waals surface area contributed by atoms with E-state index < -0.39 is 11.3 Å². The van der Waals surface area contributed by atoms with Crippen LogP contribution in [0.3, 0.4) is 0 Å². The number of fused-ring (bicyclic) bond motifs is 1. The lowest BCUT2D eigenvalue weighted by Gasteiger charge is -2.20. The zero-order chi connectivity index (χ0) is 16.6. The molecule has 0 saturated carbocycles. The van der Waals surface area contributed by atoms with Gasteiger partial charge in [0.2, 0.25) is 0 Å². The summed E-state index contributed by atoms with van der Waals surface area (Å²) in [5.74, 6) is 0. The van der Waals surface area contributed by atoms with Crippen LogP contribution in [-0.2, 0) is 12.1 Å². The Balaban J connectivity index is 2.13. The minimum atomic E-state index is -1.10. The molecule has 3 aromatic rings. The molecule has 1 heterocycles. The molecule has 0 amide bonds. The fourth-order valence-corrected chi connectivity index (χ4v) is 2.79. The summed E-state index contributed by atoms with van der Waals surface area (Å²) < 4.78 is 5.26. The Labute approximate surface area is 134 Å². The van der Waals surface area contributed by atoms with Crippen LogP contribution in [-0.4, -0.2) is 0 Å². The molecule has 0 aliphatic carbocycles. The molecule has 0 saturated heterocycles. The summed E-state index contributed by atoms with van der Waals surface area (Å²) >= 11 is 0. The first-order chi connectivity index (χ1) is 10.8. The highest BCUT2D eigenvalue weighted by molar-refractivity contribution is 5.82. The van der Waals surface area contributed by atoms with Gasteiger partial charge in [0.1, 0.15) is 5.58 Å². The summed E-state index contributed by atoms with van der Waals surface area (Å²) in [5.41, 5.74) is 15.2. The van der Waals surface area contributed by atoms with Crippen molar-refractivity contribution in [1.82, 2.24) is 0 Å². The van der Waals surface area contributed by atoms with Gasteiger partial charge >= 0.3 is 5.63 Å². The third-order valence-corrected chi connectivity index (χ3v) is 4.04. The molecule has 23 heavy (non-hydrogen) atoms. The van der Waals surface area contributed by atoms with Gasteiger partial charge in [-0.25, -0.2) is 4.79 Å². The van der Waals surface area contributed by atoms with Gasteiger partial charge in [0.25, 0.3) is 0 Å². The van der Waals surface area contributed by atoms with Crippen molar-refractivity contribution >= 4 is 11.0 Å². The summed E-state index contributed by atoms with van der Waals surface area (Å²) in [6.07, 6.45) is 0.799. The third kappa shape index (κ3) is 3.18. The van der Waals surface area contributed by atoms with Crippen molar-refractivity contribution in [1.29, 1.82) is 0 Å². The van der Waals surface area contributed by atoms with E-state index in [0.717, 1.165) is 17.4 Å². The Hall–Kier alpha value is -2.43. The molecule has 0 aliphatic heterocycles. The normalized spacial score (nSPS) is 11.8. The maximum Gasteiger partial charge on any atom is 0.336 e. The van der Waals surface area contributed by atoms with Crippen molar-refractivity contribution in [2.75, 3.05) is 0 Å². The van der Waals surface area contributed by atoms with E-state index in [0.29, 0.717) is 11.1 Å². The fourth-order valence-electron chi connectivity index (χ4n) is 2.79. The molecule has 0 unspecified atom stereocenters. The molecule has 0 radical (unpaired) electrons. The van der Waals surface area contributed by atoms with E-state index in [1.807, 2.05) is 24.3 Å². The molecule has 0 bridgehead atoms. The van der Waals surface area contributed by atoms with Gasteiger partial charge in [0, 0.05) is 17.0 Å². The predicted molar refractivity (Wildman–Crippen MR) is 92.2 cm³/mol. The first-order valence-corrected chi connectivity index (χ1v) is 7.54. The smallest absolute Gasteiger partial charge is 0.336 e. The van der Waals surface area contributed by atoms with E-state index >= 15 is 0 Å². The maximum atomic E-state index is 11.7. The van der Waals surface area contributed by atoms with E-state index in [2.05, 4.69) is 19.1 Å². The molecule has 2 aromatic carbocycles. The number of hydrogen-bond acceptors (Lipinski definition) is 4. The number of aryl methyl sites for hydroxylation is 1. The van der Waals surface area contributed by atoms with Gasteiger partial charge in [-0.3, -0.25) is 0 Å². The second-order valence-electron chi connectivity index (χ2n) is 6.20. The maximum absolute atomic E-state index is 11.7. The Kier molecular flexibility index (Phi) is 3.80. The van der Waals surface area contributed by atoms with Gasteiger partial charge in [0.15, 0.2) is 0 Å². The third-order valence-electron chi connectivity index (χ3n) is 4.04. The molecule has 4 N–H and O–H groups in total. The van der Waals surface area contributed by atoms with Crippen LogP contribution >= 0.6 is 0 Å². The highest BCUT2D eigenvalue weighted by atomic mass is 16.4. The van der Waals surface area contributed by atoms with Crippen LogP contribution in [0.5, 0.6) is 0 Å². The van der Waals surface area contributed by atoms with Crippen molar-refractivity contribution in [2.45, 2.75) is 25.9 Å². The van der Waals surface area contributed by atoms with E-state index in [1.54, 1.807) is 13.0 Å². The Morgan fingerprint density at radius 3 is 2.52 bits per heavy atom. The van der Waals surface area contributed by atoms with Gasteiger partial charge < -0.3 is 15.9 Å². The molecular formula is C19H20N2O2.